The minimum atomic E-state index is -0.359. The third-order valence-corrected chi connectivity index (χ3v) is 3.48. The third kappa shape index (κ3) is 2.69. The highest BCUT2D eigenvalue weighted by Gasteiger charge is 2.40. The highest BCUT2D eigenvalue weighted by atomic mass is 16.3. The Morgan fingerprint density at radius 2 is 2.13 bits per heavy atom. The third-order valence-electron chi connectivity index (χ3n) is 3.48. The highest BCUT2D eigenvalue weighted by Crippen LogP contribution is 2.37. The predicted octanol–water partition coefficient (Wildman–Crippen LogP) is 0.393. The van der Waals surface area contributed by atoms with E-state index in [1.165, 1.54) is 0 Å². The Bertz CT molecular complexity index is 209. The molecule has 4 N–H and O–H groups in total. The van der Waals surface area contributed by atoms with Crippen molar-refractivity contribution >= 4 is 5.91 Å². The van der Waals surface area contributed by atoms with Crippen molar-refractivity contribution in [1.82, 2.24) is 5.32 Å². The Kier molecular flexibility index (Phi) is 4.54. The van der Waals surface area contributed by atoms with Gasteiger partial charge in [0, 0.05) is 6.54 Å². The Morgan fingerprint density at radius 3 is 2.53 bits per heavy atom. The molecule has 88 valence electrons. The summed E-state index contributed by atoms with van der Waals surface area (Å²) in [7, 11) is 0. The number of nitrogens with one attached hydrogen (secondary N) is 1. The molecule has 0 heterocycles. The fourth-order valence-corrected chi connectivity index (χ4v) is 2.19. The number of hydrogen-bond donors (Lipinski definition) is 3. The van der Waals surface area contributed by atoms with E-state index in [0.29, 0.717) is 6.54 Å². The van der Waals surface area contributed by atoms with Crippen molar-refractivity contribution in [2.45, 2.75) is 45.1 Å². The van der Waals surface area contributed by atoms with Gasteiger partial charge in [0.25, 0.3) is 0 Å². The molecule has 1 fully saturated rings. The SMILES string of the molecule is CC[C@@H](CO)NC(=O)C1(CN)CCCC1. The molecule has 15 heavy (non-hydrogen) atoms. The zero-order valence-corrected chi connectivity index (χ0v) is 9.46. The summed E-state index contributed by atoms with van der Waals surface area (Å²) >= 11 is 0. The first-order valence-corrected chi connectivity index (χ1v) is 5.80. The van der Waals surface area contributed by atoms with Crippen LogP contribution in [-0.2, 0) is 4.79 Å². The Hall–Kier alpha value is -0.610. The van der Waals surface area contributed by atoms with Gasteiger partial charge in [0.1, 0.15) is 0 Å². The Labute approximate surface area is 91.2 Å². The van der Waals surface area contributed by atoms with Crippen LogP contribution in [0.5, 0.6) is 0 Å². The monoisotopic (exact) mass is 214 g/mol. The van der Waals surface area contributed by atoms with E-state index < -0.39 is 0 Å². The number of hydrogen-bond acceptors (Lipinski definition) is 3. The molecule has 1 rings (SSSR count). The molecule has 0 aromatic carbocycles. The number of nitrogens with two attached hydrogens (primary N) is 1. The van der Waals surface area contributed by atoms with Crippen molar-refractivity contribution in [2.75, 3.05) is 13.2 Å². The van der Waals surface area contributed by atoms with Gasteiger partial charge in [-0.2, -0.15) is 0 Å². The summed E-state index contributed by atoms with van der Waals surface area (Å²) in [4.78, 5) is 12.0. The maximum Gasteiger partial charge on any atom is 0.227 e. The summed E-state index contributed by atoms with van der Waals surface area (Å²) in [5.41, 5.74) is 5.35. The molecule has 0 spiro atoms. The van der Waals surface area contributed by atoms with Crippen LogP contribution in [0.25, 0.3) is 0 Å². The van der Waals surface area contributed by atoms with Gasteiger partial charge in [-0.05, 0) is 19.3 Å². The summed E-state index contributed by atoms with van der Waals surface area (Å²) in [5.74, 6) is 0.0309. The number of amides is 1. The van der Waals surface area contributed by atoms with Gasteiger partial charge in [0.2, 0.25) is 5.91 Å². The van der Waals surface area contributed by atoms with Crippen LogP contribution in [0.3, 0.4) is 0 Å². The number of aliphatic hydroxyl groups excluding tert-OH is 1. The lowest BCUT2D eigenvalue weighted by atomic mass is 9.85. The van der Waals surface area contributed by atoms with E-state index in [9.17, 15) is 4.79 Å². The molecule has 1 saturated carbocycles. The second kappa shape index (κ2) is 5.47. The molecule has 1 amide bonds. The molecular weight excluding hydrogens is 192 g/mol. The first-order chi connectivity index (χ1) is 7.18. The van der Waals surface area contributed by atoms with E-state index in [-0.39, 0.29) is 24.0 Å². The summed E-state index contributed by atoms with van der Waals surface area (Å²) in [6.07, 6.45) is 4.69. The highest BCUT2D eigenvalue weighted by molar-refractivity contribution is 5.83. The molecule has 4 nitrogen and oxygen atoms in total. The van der Waals surface area contributed by atoms with E-state index in [1.807, 2.05) is 6.92 Å². The zero-order chi connectivity index (χ0) is 11.3. The van der Waals surface area contributed by atoms with Crippen LogP contribution in [0.15, 0.2) is 0 Å². The molecule has 0 saturated heterocycles. The molecule has 0 aromatic heterocycles. The van der Waals surface area contributed by atoms with E-state index in [0.717, 1.165) is 32.1 Å². The van der Waals surface area contributed by atoms with Crippen LogP contribution in [0.4, 0.5) is 0 Å². The van der Waals surface area contributed by atoms with Crippen LogP contribution in [0.1, 0.15) is 39.0 Å². The molecule has 0 bridgehead atoms. The van der Waals surface area contributed by atoms with Crippen LogP contribution in [-0.4, -0.2) is 30.2 Å². The smallest absolute Gasteiger partial charge is 0.227 e. The van der Waals surface area contributed by atoms with Crippen molar-refractivity contribution in [2.24, 2.45) is 11.1 Å². The summed E-state index contributed by atoms with van der Waals surface area (Å²) in [6, 6.07) is -0.124. The molecule has 0 radical (unpaired) electrons. The molecule has 1 aliphatic carbocycles. The van der Waals surface area contributed by atoms with Gasteiger partial charge in [-0.3, -0.25) is 4.79 Å². The van der Waals surface area contributed by atoms with E-state index >= 15 is 0 Å². The molecular formula is C11H22N2O2. The van der Waals surface area contributed by atoms with Gasteiger partial charge in [0.15, 0.2) is 0 Å². The predicted molar refractivity (Wildman–Crippen MR) is 59.3 cm³/mol. The van der Waals surface area contributed by atoms with Crippen molar-refractivity contribution < 1.29 is 9.90 Å². The average Bonchev–Trinajstić information content (AvgIpc) is 2.75. The van der Waals surface area contributed by atoms with Gasteiger partial charge in [-0.15, -0.1) is 0 Å². The van der Waals surface area contributed by atoms with E-state index in [4.69, 9.17) is 10.8 Å². The molecule has 1 aliphatic rings. The zero-order valence-electron chi connectivity index (χ0n) is 9.46. The largest absolute Gasteiger partial charge is 0.394 e. The summed E-state index contributed by atoms with van der Waals surface area (Å²) in [6.45, 7) is 2.37. The normalized spacial score (nSPS) is 21.3. The molecule has 0 aromatic rings. The molecule has 0 aliphatic heterocycles. The van der Waals surface area contributed by atoms with Crippen LogP contribution in [0, 0.1) is 5.41 Å². The quantitative estimate of drug-likeness (QED) is 0.620. The van der Waals surface area contributed by atoms with Gasteiger partial charge < -0.3 is 16.2 Å². The lowest BCUT2D eigenvalue weighted by Crippen LogP contribution is -2.48. The van der Waals surface area contributed by atoms with Crippen molar-refractivity contribution in [1.29, 1.82) is 0 Å². The van der Waals surface area contributed by atoms with Crippen LogP contribution in [0.2, 0.25) is 0 Å². The second-order valence-electron chi connectivity index (χ2n) is 4.45. The van der Waals surface area contributed by atoms with Crippen molar-refractivity contribution in [3.63, 3.8) is 0 Å². The van der Waals surface area contributed by atoms with Gasteiger partial charge >= 0.3 is 0 Å². The first-order valence-electron chi connectivity index (χ1n) is 5.80. The summed E-state index contributed by atoms with van der Waals surface area (Å²) < 4.78 is 0. The Balaban J connectivity index is 2.57. The maximum atomic E-state index is 12.0. The fourth-order valence-electron chi connectivity index (χ4n) is 2.19. The van der Waals surface area contributed by atoms with Crippen molar-refractivity contribution in [3.8, 4) is 0 Å². The maximum absolute atomic E-state index is 12.0. The van der Waals surface area contributed by atoms with E-state index in [2.05, 4.69) is 5.32 Å². The lowest BCUT2D eigenvalue weighted by molar-refractivity contribution is -0.131. The second-order valence-corrected chi connectivity index (χ2v) is 4.45. The number of rotatable bonds is 5. The minimum absolute atomic E-state index is 0.00287. The summed E-state index contributed by atoms with van der Waals surface area (Å²) in [5, 5.41) is 11.9. The number of aliphatic hydroxyl groups is 1. The van der Waals surface area contributed by atoms with E-state index in [1.54, 1.807) is 0 Å². The van der Waals surface area contributed by atoms with Crippen molar-refractivity contribution in [3.05, 3.63) is 0 Å². The average molecular weight is 214 g/mol. The van der Waals surface area contributed by atoms with Crippen LogP contribution < -0.4 is 11.1 Å². The Morgan fingerprint density at radius 1 is 1.53 bits per heavy atom. The van der Waals surface area contributed by atoms with Gasteiger partial charge in [-0.25, -0.2) is 0 Å². The van der Waals surface area contributed by atoms with Crippen LogP contribution >= 0.6 is 0 Å². The molecule has 4 heteroatoms. The standard InChI is InChI=1S/C11H22N2O2/c1-2-9(7-14)13-10(15)11(8-12)5-3-4-6-11/h9,14H,2-8,12H2,1H3,(H,13,15)/t9-/m0/s1. The topological polar surface area (TPSA) is 75.3 Å². The van der Waals surface area contributed by atoms with Gasteiger partial charge in [0.05, 0.1) is 18.1 Å². The lowest BCUT2D eigenvalue weighted by Gasteiger charge is -2.28. The first kappa shape index (κ1) is 12.5. The molecule has 0 unspecified atom stereocenters. The number of carbonyl (C=O) groups excluding carboxylic acids is 1. The molecule has 1 atom stereocenters. The van der Waals surface area contributed by atoms with Gasteiger partial charge in [-0.1, -0.05) is 19.8 Å². The minimum Gasteiger partial charge on any atom is -0.394 e. The number of carbonyl (C=O) groups is 1. The fraction of sp³-hybridized carbons (Fsp3) is 0.909.